The van der Waals surface area contributed by atoms with Crippen LogP contribution in [-0.4, -0.2) is 27.8 Å². The molecule has 1 N–H and O–H groups in total. The van der Waals surface area contributed by atoms with Crippen LogP contribution in [0.1, 0.15) is 5.56 Å². The van der Waals surface area contributed by atoms with Gasteiger partial charge in [-0.25, -0.2) is 0 Å². The topological polar surface area (TPSA) is 82.2 Å². The molecule has 0 fully saturated rings. The van der Waals surface area contributed by atoms with Crippen molar-refractivity contribution in [2.75, 3.05) is 7.11 Å². The van der Waals surface area contributed by atoms with E-state index >= 15 is 0 Å². The minimum absolute atomic E-state index is 0.118. The Hall–Kier alpha value is -3.87. The number of benzene rings is 2. The van der Waals surface area contributed by atoms with Crippen molar-refractivity contribution < 1.29 is 13.9 Å². The number of amides is 1. The molecule has 1 amide bonds. The van der Waals surface area contributed by atoms with Crippen LogP contribution >= 0.6 is 0 Å². The van der Waals surface area contributed by atoms with Gasteiger partial charge < -0.3 is 19.0 Å². The van der Waals surface area contributed by atoms with Gasteiger partial charge in [0.05, 0.1) is 7.11 Å². The first kappa shape index (κ1) is 18.5. The number of methoxy groups -OCH3 is 1. The van der Waals surface area contributed by atoms with Gasteiger partial charge >= 0.3 is 0 Å². The summed E-state index contributed by atoms with van der Waals surface area (Å²) >= 11 is 0. The van der Waals surface area contributed by atoms with E-state index in [2.05, 4.69) is 15.5 Å². The highest BCUT2D eigenvalue weighted by Gasteiger charge is 2.15. The summed E-state index contributed by atoms with van der Waals surface area (Å²) in [6.45, 7) is 0.570. The summed E-state index contributed by atoms with van der Waals surface area (Å²) in [5, 5.41) is 11.2. The fourth-order valence-corrected chi connectivity index (χ4v) is 2.96. The number of carbonyl (C=O) groups excluding carboxylic acids is 1. The Kier molecular flexibility index (Phi) is 5.38. The molecule has 146 valence electrons. The zero-order valence-corrected chi connectivity index (χ0v) is 15.9. The Bertz CT molecular complexity index is 1100. The van der Waals surface area contributed by atoms with Crippen molar-refractivity contribution in [3.05, 3.63) is 78.5 Å². The summed E-state index contributed by atoms with van der Waals surface area (Å²) in [5.74, 6) is 1.45. The fraction of sp³-hybridized carbons (Fsp3) is 0.136. The summed E-state index contributed by atoms with van der Waals surface area (Å²) in [4.78, 5) is 12.4. The molecule has 2 aromatic carbocycles. The predicted octanol–water partition coefficient (Wildman–Crippen LogP) is 3.53. The van der Waals surface area contributed by atoms with Gasteiger partial charge in [0.2, 0.25) is 11.8 Å². The molecule has 2 aromatic heterocycles. The first-order chi connectivity index (χ1) is 14.2. The lowest BCUT2D eigenvalue weighted by Gasteiger charge is -2.09. The van der Waals surface area contributed by atoms with E-state index in [1.54, 1.807) is 11.7 Å². The minimum atomic E-state index is -0.118. The lowest BCUT2D eigenvalue weighted by Crippen LogP contribution is -2.27. The number of hydrogen-bond donors (Lipinski definition) is 1. The third-order valence-corrected chi connectivity index (χ3v) is 4.43. The van der Waals surface area contributed by atoms with E-state index in [9.17, 15) is 4.79 Å². The smallest absolute Gasteiger partial charge is 0.264 e. The zero-order chi connectivity index (χ0) is 20.1. The molecule has 4 aromatic rings. The van der Waals surface area contributed by atoms with Gasteiger partial charge in [0.1, 0.15) is 18.0 Å². The number of carbonyl (C=O) groups is 1. The van der Waals surface area contributed by atoms with E-state index in [-0.39, 0.29) is 12.5 Å². The van der Waals surface area contributed by atoms with Crippen molar-refractivity contribution in [3.63, 3.8) is 0 Å². The second-order valence-corrected chi connectivity index (χ2v) is 6.43. The van der Waals surface area contributed by atoms with Gasteiger partial charge in [-0.2, -0.15) is 0 Å². The molecule has 7 nitrogen and oxygen atoms in total. The van der Waals surface area contributed by atoms with Gasteiger partial charge in [-0.05, 0) is 42.0 Å². The summed E-state index contributed by atoms with van der Waals surface area (Å²) < 4.78 is 12.8. The van der Waals surface area contributed by atoms with E-state index in [0.29, 0.717) is 24.0 Å². The highest BCUT2D eigenvalue weighted by molar-refractivity contribution is 5.76. The van der Waals surface area contributed by atoms with Crippen LogP contribution in [-0.2, 0) is 17.9 Å². The van der Waals surface area contributed by atoms with E-state index in [1.165, 1.54) is 0 Å². The predicted molar refractivity (Wildman–Crippen MR) is 108 cm³/mol. The highest BCUT2D eigenvalue weighted by Crippen LogP contribution is 2.24. The maximum absolute atomic E-state index is 12.4. The Labute approximate surface area is 168 Å². The van der Waals surface area contributed by atoms with Gasteiger partial charge in [-0.1, -0.05) is 30.3 Å². The molecule has 0 spiro atoms. The van der Waals surface area contributed by atoms with Gasteiger partial charge in [-0.15, -0.1) is 10.2 Å². The number of rotatable bonds is 7. The van der Waals surface area contributed by atoms with Gasteiger partial charge in [0.15, 0.2) is 0 Å². The van der Waals surface area contributed by atoms with Crippen LogP contribution < -0.4 is 10.1 Å². The van der Waals surface area contributed by atoms with E-state index in [0.717, 1.165) is 16.9 Å². The van der Waals surface area contributed by atoms with Crippen LogP contribution in [0, 0.1) is 0 Å². The molecule has 2 heterocycles. The summed E-state index contributed by atoms with van der Waals surface area (Å²) in [7, 11) is 1.62. The number of aromatic nitrogens is 3. The SMILES string of the molecule is COc1cccc(CNC(=O)Cn2cccc2-c2nnc(-c3ccccc3)o2)c1. The van der Waals surface area contributed by atoms with Crippen LogP contribution in [0.4, 0.5) is 0 Å². The first-order valence-electron chi connectivity index (χ1n) is 9.17. The van der Waals surface area contributed by atoms with Crippen molar-refractivity contribution in [2.45, 2.75) is 13.1 Å². The van der Waals surface area contributed by atoms with Crippen molar-refractivity contribution >= 4 is 5.91 Å². The van der Waals surface area contributed by atoms with Gasteiger partial charge in [-0.3, -0.25) is 4.79 Å². The number of nitrogens with zero attached hydrogens (tertiary/aromatic N) is 3. The molecule has 0 saturated heterocycles. The Balaban J connectivity index is 1.43. The van der Waals surface area contributed by atoms with Crippen molar-refractivity contribution in [1.82, 2.24) is 20.1 Å². The molecular weight excluding hydrogens is 368 g/mol. The third-order valence-electron chi connectivity index (χ3n) is 4.43. The van der Waals surface area contributed by atoms with E-state index < -0.39 is 0 Å². The Morgan fingerprint density at radius 3 is 2.69 bits per heavy atom. The monoisotopic (exact) mass is 388 g/mol. The quantitative estimate of drug-likeness (QED) is 0.524. The molecule has 0 aliphatic heterocycles. The fourth-order valence-electron chi connectivity index (χ4n) is 2.96. The molecule has 0 bridgehead atoms. The normalized spacial score (nSPS) is 10.7. The van der Waals surface area contributed by atoms with Crippen LogP contribution in [0.3, 0.4) is 0 Å². The standard InChI is InChI=1S/C22H20N4O3/c1-28-18-10-5-7-16(13-18)14-23-20(27)15-26-12-6-11-19(26)22-25-24-21(29-22)17-8-3-2-4-9-17/h2-13H,14-15H2,1H3,(H,23,27). The number of ether oxygens (including phenoxy) is 1. The molecule has 0 saturated carbocycles. The average Bonchev–Trinajstić information content (AvgIpc) is 3.42. The Morgan fingerprint density at radius 2 is 1.86 bits per heavy atom. The molecule has 4 rings (SSSR count). The minimum Gasteiger partial charge on any atom is -0.497 e. The molecule has 29 heavy (non-hydrogen) atoms. The maximum atomic E-state index is 12.4. The number of hydrogen-bond acceptors (Lipinski definition) is 5. The van der Waals surface area contributed by atoms with Gasteiger partial charge in [0.25, 0.3) is 5.89 Å². The van der Waals surface area contributed by atoms with Crippen LogP contribution in [0.15, 0.2) is 77.3 Å². The lowest BCUT2D eigenvalue weighted by molar-refractivity contribution is -0.121. The summed E-state index contributed by atoms with van der Waals surface area (Å²) in [5.41, 5.74) is 2.51. The van der Waals surface area contributed by atoms with Crippen molar-refractivity contribution in [1.29, 1.82) is 0 Å². The van der Waals surface area contributed by atoms with Crippen LogP contribution in [0.2, 0.25) is 0 Å². The van der Waals surface area contributed by atoms with E-state index in [1.807, 2.05) is 72.9 Å². The van der Waals surface area contributed by atoms with Crippen LogP contribution in [0.5, 0.6) is 5.75 Å². The van der Waals surface area contributed by atoms with Crippen molar-refractivity contribution in [2.24, 2.45) is 0 Å². The maximum Gasteiger partial charge on any atom is 0.264 e. The van der Waals surface area contributed by atoms with Crippen LogP contribution in [0.25, 0.3) is 23.0 Å². The largest absolute Gasteiger partial charge is 0.497 e. The molecule has 0 radical (unpaired) electrons. The third kappa shape index (κ3) is 4.35. The first-order valence-corrected chi connectivity index (χ1v) is 9.17. The molecule has 0 atom stereocenters. The average molecular weight is 388 g/mol. The lowest BCUT2D eigenvalue weighted by atomic mass is 10.2. The molecule has 0 unspecified atom stereocenters. The zero-order valence-electron chi connectivity index (χ0n) is 15.9. The molecule has 7 heteroatoms. The Morgan fingerprint density at radius 1 is 1.03 bits per heavy atom. The molecule has 0 aliphatic rings. The highest BCUT2D eigenvalue weighted by atomic mass is 16.5. The summed E-state index contributed by atoms with van der Waals surface area (Å²) in [6, 6.07) is 20.8. The summed E-state index contributed by atoms with van der Waals surface area (Å²) in [6.07, 6.45) is 1.81. The number of nitrogens with one attached hydrogen (secondary N) is 1. The molecule has 0 aliphatic carbocycles. The van der Waals surface area contributed by atoms with E-state index in [4.69, 9.17) is 9.15 Å². The second-order valence-electron chi connectivity index (χ2n) is 6.43. The second kappa shape index (κ2) is 8.43. The van der Waals surface area contributed by atoms with Gasteiger partial charge in [0, 0.05) is 18.3 Å². The molecular formula is C22H20N4O3. The van der Waals surface area contributed by atoms with Crippen molar-refractivity contribution in [3.8, 4) is 28.8 Å².